The van der Waals surface area contributed by atoms with Crippen LogP contribution < -0.4 is 0 Å². The summed E-state index contributed by atoms with van der Waals surface area (Å²) in [4.78, 5) is 12.0. The molecule has 0 unspecified atom stereocenters. The molecule has 0 heterocycles. The Morgan fingerprint density at radius 2 is 1.59 bits per heavy atom. The Morgan fingerprint density at radius 1 is 1.05 bits per heavy atom. The minimum atomic E-state index is -4.19. The topological polar surface area (TPSA) is 85.3 Å². The van der Waals surface area contributed by atoms with Crippen molar-refractivity contribution in [3.05, 3.63) is 0 Å². The van der Waals surface area contributed by atoms with Crippen LogP contribution in [0.15, 0.2) is 0 Å². The summed E-state index contributed by atoms with van der Waals surface area (Å²) < 4.78 is 48.8. The molecule has 22 heavy (non-hydrogen) atoms. The average Bonchev–Trinajstić information content (AvgIpc) is 2.47. The molecule has 0 bridgehead atoms. The summed E-state index contributed by atoms with van der Waals surface area (Å²) in [5.41, 5.74) is -0.480. The van der Waals surface area contributed by atoms with E-state index in [1.165, 1.54) is 0 Å². The first-order chi connectivity index (χ1) is 10.0. The van der Waals surface area contributed by atoms with Crippen molar-refractivity contribution in [3.8, 4) is 0 Å². The Morgan fingerprint density at radius 3 is 2.09 bits per heavy atom. The monoisotopic (exact) mass is 352 g/mol. The highest BCUT2D eigenvalue weighted by Crippen LogP contribution is 2.28. The second-order valence-corrected chi connectivity index (χ2v) is 12.9. The van der Waals surface area contributed by atoms with Crippen molar-refractivity contribution in [2.45, 2.75) is 77.4 Å². The lowest BCUT2D eigenvalue weighted by Crippen LogP contribution is -2.32. The summed E-state index contributed by atoms with van der Waals surface area (Å²) in [5.74, 6) is -0.461. The summed E-state index contributed by atoms with van der Waals surface area (Å²) in [6.07, 6.45) is 4.24. The van der Waals surface area contributed by atoms with Crippen LogP contribution in [-0.4, -0.2) is 33.6 Å². The highest BCUT2D eigenvalue weighted by Gasteiger charge is 2.38. The number of carbonyl (C=O) groups excluding carboxylic acids is 1. The van der Waals surface area contributed by atoms with Gasteiger partial charge in [0.1, 0.15) is 5.78 Å². The summed E-state index contributed by atoms with van der Waals surface area (Å²) in [7, 11) is -8.33. The molecule has 0 N–H and O–H groups in total. The van der Waals surface area contributed by atoms with Gasteiger partial charge in [0, 0.05) is 11.8 Å². The molecular weight excluding hydrogens is 324 g/mol. The Labute approximate surface area is 134 Å². The maximum Gasteiger partial charge on any atom is 0.256 e. The van der Waals surface area contributed by atoms with E-state index in [1.54, 1.807) is 0 Å². The van der Waals surface area contributed by atoms with Crippen LogP contribution in [0.25, 0.3) is 0 Å². The van der Waals surface area contributed by atoms with Gasteiger partial charge >= 0.3 is 0 Å². The first kappa shape index (κ1) is 19.6. The van der Waals surface area contributed by atoms with Gasteiger partial charge in [0.25, 0.3) is 17.7 Å². The molecule has 5 nitrogen and oxygen atoms in total. The zero-order valence-electron chi connectivity index (χ0n) is 13.8. The van der Waals surface area contributed by atoms with Gasteiger partial charge in [-0.05, 0) is 25.7 Å². The second-order valence-electron chi connectivity index (χ2n) is 6.78. The molecule has 0 saturated heterocycles. The van der Waals surface area contributed by atoms with Crippen LogP contribution in [0.2, 0.25) is 0 Å². The molecule has 1 saturated carbocycles. The highest BCUT2D eigenvalue weighted by molar-refractivity contribution is 8.67. The van der Waals surface area contributed by atoms with Crippen LogP contribution in [-0.2, 0) is 22.5 Å². The van der Waals surface area contributed by atoms with Crippen LogP contribution in [0, 0.1) is 5.41 Å². The summed E-state index contributed by atoms with van der Waals surface area (Å²) in [6.45, 7) is 5.55. The van der Waals surface area contributed by atoms with Crippen molar-refractivity contribution in [2.24, 2.45) is 5.41 Å². The molecule has 0 aromatic carbocycles. The largest absolute Gasteiger partial charge is 0.299 e. The summed E-state index contributed by atoms with van der Waals surface area (Å²) >= 11 is 0. The lowest BCUT2D eigenvalue weighted by atomic mass is 9.83. The number of rotatable bonds is 8. The SMILES string of the molecule is CCC(C)(C)C(=O)CCCS(=O)(=O)S(=O)(=O)C1CCCCC1. The minimum absolute atomic E-state index is 0.0136. The van der Waals surface area contributed by atoms with Crippen molar-refractivity contribution in [3.63, 3.8) is 0 Å². The van der Waals surface area contributed by atoms with E-state index >= 15 is 0 Å². The zero-order chi connectivity index (χ0) is 17.0. The summed E-state index contributed by atoms with van der Waals surface area (Å²) in [5, 5.41) is -0.756. The van der Waals surface area contributed by atoms with E-state index in [0.29, 0.717) is 19.3 Å². The maximum absolute atomic E-state index is 12.3. The number of carbonyl (C=O) groups is 1. The molecule has 0 radical (unpaired) electrons. The average molecular weight is 353 g/mol. The molecule has 0 amide bonds. The fourth-order valence-electron chi connectivity index (χ4n) is 2.62. The van der Waals surface area contributed by atoms with E-state index in [2.05, 4.69) is 0 Å². The number of hydrogen-bond acceptors (Lipinski definition) is 5. The molecule has 0 spiro atoms. The van der Waals surface area contributed by atoms with Crippen LogP contribution >= 0.6 is 0 Å². The standard InChI is InChI=1S/C15H28O5S2/c1-4-15(2,3)14(16)11-8-12-21(17,18)22(19,20)13-9-6-5-7-10-13/h13H,4-12H2,1-3H3. The molecule has 0 aliphatic heterocycles. The highest BCUT2D eigenvalue weighted by atomic mass is 33.2. The van der Waals surface area contributed by atoms with E-state index in [0.717, 1.165) is 19.3 Å². The minimum Gasteiger partial charge on any atom is -0.299 e. The van der Waals surface area contributed by atoms with Gasteiger partial charge < -0.3 is 0 Å². The van der Waals surface area contributed by atoms with Crippen LogP contribution in [0.5, 0.6) is 0 Å². The Kier molecular flexibility index (Phi) is 6.62. The fourth-order valence-corrected chi connectivity index (χ4v) is 7.55. The van der Waals surface area contributed by atoms with Crippen molar-refractivity contribution in [1.82, 2.24) is 0 Å². The van der Waals surface area contributed by atoms with Gasteiger partial charge in [-0.2, -0.15) is 0 Å². The van der Waals surface area contributed by atoms with Crippen molar-refractivity contribution >= 4 is 23.5 Å². The van der Waals surface area contributed by atoms with E-state index in [4.69, 9.17) is 0 Å². The smallest absolute Gasteiger partial charge is 0.256 e. The third-order valence-corrected chi connectivity index (χ3v) is 11.0. The van der Waals surface area contributed by atoms with E-state index in [9.17, 15) is 21.6 Å². The van der Waals surface area contributed by atoms with Gasteiger partial charge in [0.15, 0.2) is 0 Å². The van der Waals surface area contributed by atoms with Crippen LogP contribution in [0.1, 0.15) is 72.1 Å². The van der Waals surface area contributed by atoms with Crippen LogP contribution in [0.3, 0.4) is 0 Å². The molecule has 1 aliphatic rings. The maximum atomic E-state index is 12.3. The molecule has 7 heteroatoms. The van der Waals surface area contributed by atoms with Gasteiger partial charge in [-0.3, -0.25) is 4.79 Å². The lowest BCUT2D eigenvalue weighted by molar-refractivity contribution is -0.127. The van der Waals surface area contributed by atoms with E-state index in [1.807, 2.05) is 20.8 Å². The molecule has 0 aromatic rings. The normalized spacial score (nSPS) is 18.3. The third-order valence-electron chi connectivity index (χ3n) is 4.75. The first-order valence-corrected chi connectivity index (χ1v) is 11.8. The van der Waals surface area contributed by atoms with Gasteiger partial charge in [-0.1, -0.05) is 40.0 Å². The van der Waals surface area contributed by atoms with Crippen LogP contribution in [0.4, 0.5) is 0 Å². The fraction of sp³-hybridized carbons (Fsp3) is 0.933. The van der Waals surface area contributed by atoms with E-state index < -0.39 is 34.2 Å². The van der Waals surface area contributed by atoms with Crippen molar-refractivity contribution in [2.75, 3.05) is 5.75 Å². The zero-order valence-corrected chi connectivity index (χ0v) is 15.4. The van der Waals surface area contributed by atoms with Gasteiger partial charge in [-0.15, -0.1) is 0 Å². The third kappa shape index (κ3) is 4.54. The predicted molar refractivity (Wildman–Crippen MR) is 87.9 cm³/mol. The Bertz CT molecular complexity index is 581. The summed E-state index contributed by atoms with van der Waals surface area (Å²) in [6, 6.07) is 0. The molecule has 1 fully saturated rings. The van der Waals surface area contributed by atoms with Crippen molar-refractivity contribution < 1.29 is 21.6 Å². The molecule has 1 rings (SSSR count). The lowest BCUT2D eigenvalue weighted by Gasteiger charge is -2.22. The predicted octanol–water partition coefficient (Wildman–Crippen LogP) is 2.85. The Balaban J connectivity index is 2.66. The molecule has 130 valence electrons. The quantitative estimate of drug-likeness (QED) is 0.627. The van der Waals surface area contributed by atoms with Gasteiger partial charge in [0.05, 0.1) is 11.0 Å². The van der Waals surface area contributed by atoms with Gasteiger partial charge in [-0.25, -0.2) is 16.8 Å². The first-order valence-electron chi connectivity index (χ1n) is 8.04. The molecule has 0 atom stereocenters. The molecule has 0 aromatic heterocycles. The Hall–Kier alpha value is -0.430. The number of ketones is 1. The number of hydrogen-bond donors (Lipinski definition) is 0. The van der Waals surface area contributed by atoms with Gasteiger partial charge in [0.2, 0.25) is 0 Å². The number of Topliss-reactive ketones (excluding diaryl/α,β-unsaturated/α-hetero) is 1. The van der Waals surface area contributed by atoms with Crippen molar-refractivity contribution in [1.29, 1.82) is 0 Å². The molecular formula is C15H28O5S2. The van der Waals surface area contributed by atoms with E-state index in [-0.39, 0.29) is 18.6 Å². The molecule has 1 aliphatic carbocycles. The second kappa shape index (κ2) is 7.43.